The molecule has 0 aliphatic carbocycles. The van der Waals surface area contributed by atoms with Gasteiger partial charge in [-0.25, -0.2) is 0 Å². The fourth-order valence-corrected chi connectivity index (χ4v) is 2.68. The van der Waals surface area contributed by atoms with E-state index in [0.29, 0.717) is 19.8 Å². The van der Waals surface area contributed by atoms with Crippen LogP contribution in [0.15, 0.2) is 42.5 Å². The van der Waals surface area contributed by atoms with Crippen LogP contribution in [-0.4, -0.2) is 24.9 Å². The Kier molecular flexibility index (Phi) is 6.29. The van der Waals surface area contributed by atoms with Crippen LogP contribution in [0.5, 0.6) is 17.2 Å². The van der Waals surface area contributed by atoms with Crippen LogP contribution >= 0.6 is 0 Å². The number of phenolic OH excluding ortho intramolecular Hbond substituents is 1. The summed E-state index contributed by atoms with van der Waals surface area (Å²) < 4.78 is 11.3. The van der Waals surface area contributed by atoms with E-state index in [0.717, 1.165) is 29.0 Å². The smallest absolute Gasteiger partial charge is 0.126 e. The molecule has 0 aliphatic rings. The van der Waals surface area contributed by atoms with Crippen molar-refractivity contribution in [1.82, 2.24) is 0 Å². The van der Waals surface area contributed by atoms with Gasteiger partial charge >= 0.3 is 0 Å². The van der Waals surface area contributed by atoms with Gasteiger partial charge in [0.2, 0.25) is 0 Å². The number of aromatic hydroxyl groups is 1. The van der Waals surface area contributed by atoms with E-state index < -0.39 is 0 Å². The van der Waals surface area contributed by atoms with Gasteiger partial charge in [0.25, 0.3) is 0 Å². The van der Waals surface area contributed by atoms with Crippen LogP contribution in [0.1, 0.15) is 30.9 Å². The van der Waals surface area contributed by atoms with Crippen LogP contribution in [0.2, 0.25) is 0 Å². The molecule has 0 saturated carbocycles. The van der Waals surface area contributed by atoms with Crippen molar-refractivity contribution in [2.75, 3.05) is 19.8 Å². The lowest BCUT2D eigenvalue weighted by Crippen LogP contribution is -2.16. The molecule has 3 N–H and O–H groups in total. The molecule has 0 spiro atoms. The molecule has 124 valence electrons. The highest BCUT2D eigenvalue weighted by Gasteiger charge is 2.17. The van der Waals surface area contributed by atoms with Gasteiger partial charge in [-0.1, -0.05) is 18.2 Å². The fourth-order valence-electron chi connectivity index (χ4n) is 2.68. The van der Waals surface area contributed by atoms with E-state index in [1.165, 1.54) is 0 Å². The van der Waals surface area contributed by atoms with Gasteiger partial charge in [-0.3, -0.25) is 0 Å². The molecule has 0 bridgehead atoms. The Bertz CT molecular complexity index is 628. The van der Waals surface area contributed by atoms with Gasteiger partial charge in [-0.15, -0.1) is 0 Å². The predicted molar refractivity (Wildman–Crippen MR) is 92.4 cm³/mol. The Morgan fingerprint density at radius 1 is 1.04 bits per heavy atom. The molecular formula is C19H25NO3. The molecule has 0 saturated heterocycles. The molecule has 2 aromatic rings. The predicted octanol–water partition coefficient (Wildman–Crippen LogP) is 3.47. The summed E-state index contributed by atoms with van der Waals surface area (Å²) in [4.78, 5) is 0. The molecule has 0 aromatic heterocycles. The normalized spacial score (nSPS) is 12.0. The average molecular weight is 315 g/mol. The Morgan fingerprint density at radius 3 is 2.48 bits per heavy atom. The SMILES string of the molecule is CCOc1ccc(C(CN)Cc2cccc(O)c2)c(OCC)c1. The highest BCUT2D eigenvalue weighted by molar-refractivity contribution is 5.44. The van der Waals surface area contributed by atoms with E-state index in [4.69, 9.17) is 15.2 Å². The van der Waals surface area contributed by atoms with Crippen molar-refractivity contribution in [3.05, 3.63) is 53.6 Å². The Hall–Kier alpha value is -2.20. The average Bonchev–Trinajstić information content (AvgIpc) is 2.54. The van der Waals surface area contributed by atoms with Crippen molar-refractivity contribution >= 4 is 0 Å². The lowest BCUT2D eigenvalue weighted by atomic mass is 9.91. The summed E-state index contributed by atoms with van der Waals surface area (Å²) in [5.41, 5.74) is 8.13. The molecule has 0 fully saturated rings. The monoisotopic (exact) mass is 315 g/mol. The minimum atomic E-state index is 0.119. The van der Waals surface area contributed by atoms with Crippen LogP contribution in [0, 0.1) is 0 Å². The number of nitrogens with two attached hydrogens (primary N) is 1. The second-order valence-corrected chi connectivity index (χ2v) is 5.37. The molecule has 1 atom stereocenters. The van der Waals surface area contributed by atoms with Crippen LogP contribution < -0.4 is 15.2 Å². The zero-order valence-corrected chi connectivity index (χ0v) is 13.8. The third-order valence-corrected chi connectivity index (χ3v) is 3.71. The molecule has 2 aromatic carbocycles. The van der Waals surface area contributed by atoms with Gasteiger partial charge < -0.3 is 20.3 Å². The van der Waals surface area contributed by atoms with Gasteiger partial charge in [-0.05, 0) is 56.1 Å². The zero-order valence-electron chi connectivity index (χ0n) is 13.8. The lowest BCUT2D eigenvalue weighted by molar-refractivity contribution is 0.319. The van der Waals surface area contributed by atoms with Crippen LogP contribution in [0.4, 0.5) is 0 Å². The number of hydrogen-bond donors (Lipinski definition) is 2. The molecule has 0 aliphatic heterocycles. The summed E-state index contributed by atoms with van der Waals surface area (Å²) in [5.74, 6) is 2.01. The first-order valence-electron chi connectivity index (χ1n) is 8.05. The van der Waals surface area contributed by atoms with E-state index in [-0.39, 0.29) is 11.7 Å². The van der Waals surface area contributed by atoms with Gasteiger partial charge in [0.1, 0.15) is 17.2 Å². The second kappa shape index (κ2) is 8.44. The van der Waals surface area contributed by atoms with Crippen molar-refractivity contribution in [1.29, 1.82) is 0 Å². The first-order chi connectivity index (χ1) is 11.2. The molecule has 4 heteroatoms. The van der Waals surface area contributed by atoms with E-state index in [2.05, 4.69) is 0 Å². The van der Waals surface area contributed by atoms with Crippen molar-refractivity contribution in [3.8, 4) is 17.2 Å². The third-order valence-electron chi connectivity index (χ3n) is 3.71. The van der Waals surface area contributed by atoms with Gasteiger partial charge in [0.15, 0.2) is 0 Å². The van der Waals surface area contributed by atoms with Crippen LogP contribution in [-0.2, 0) is 6.42 Å². The fraction of sp³-hybridized carbons (Fsp3) is 0.368. The van der Waals surface area contributed by atoms with Gasteiger partial charge in [0.05, 0.1) is 13.2 Å². The summed E-state index contributed by atoms with van der Waals surface area (Å²) in [6.45, 7) is 5.63. The van der Waals surface area contributed by atoms with Crippen molar-refractivity contribution in [3.63, 3.8) is 0 Å². The maximum atomic E-state index is 9.63. The lowest BCUT2D eigenvalue weighted by Gasteiger charge is -2.20. The molecule has 4 nitrogen and oxygen atoms in total. The number of phenols is 1. The minimum absolute atomic E-state index is 0.119. The number of benzene rings is 2. The summed E-state index contributed by atoms with van der Waals surface area (Å²) in [7, 11) is 0. The summed E-state index contributed by atoms with van der Waals surface area (Å²) in [5, 5.41) is 9.63. The summed E-state index contributed by atoms with van der Waals surface area (Å²) >= 11 is 0. The summed E-state index contributed by atoms with van der Waals surface area (Å²) in [6, 6.07) is 13.2. The topological polar surface area (TPSA) is 64.7 Å². The van der Waals surface area contributed by atoms with Crippen molar-refractivity contribution in [2.24, 2.45) is 5.73 Å². The van der Waals surface area contributed by atoms with E-state index >= 15 is 0 Å². The quantitative estimate of drug-likeness (QED) is 0.783. The van der Waals surface area contributed by atoms with Crippen LogP contribution in [0.3, 0.4) is 0 Å². The highest BCUT2D eigenvalue weighted by atomic mass is 16.5. The van der Waals surface area contributed by atoms with E-state index in [9.17, 15) is 5.11 Å². The number of rotatable bonds is 8. The number of hydrogen-bond acceptors (Lipinski definition) is 4. The number of ether oxygens (including phenoxy) is 2. The van der Waals surface area contributed by atoms with Crippen molar-refractivity contribution < 1.29 is 14.6 Å². The Balaban J connectivity index is 2.28. The van der Waals surface area contributed by atoms with Gasteiger partial charge in [-0.2, -0.15) is 0 Å². The Morgan fingerprint density at radius 2 is 1.83 bits per heavy atom. The second-order valence-electron chi connectivity index (χ2n) is 5.37. The largest absolute Gasteiger partial charge is 0.508 e. The van der Waals surface area contributed by atoms with Gasteiger partial charge in [0, 0.05) is 12.0 Å². The van der Waals surface area contributed by atoms with E-state index in [1.807, 2.05) is 44.2 Å². The molecule has 0 amide bonds. The molecule has 0 radical (unpaired) electrons. The Labute approximate surface area is 137 Å². The third kappa shape index (κ3) is 4.63. The maximum absolute atomic E-state index is 9.63. The molecule has 1 unspecified atom stereocenters. The highest BCUT2D eigenvalue weighted by Crippen LogP contribution is 2.33. The zero-order chi connectivity index (χ0) is 16.7. The summed E-state index contributed by atoms with van der Waals surface area (Å²) in [6.07, 6.45) is 0.749. The van der Waals surface area contributed by atoms with Crippen LogP contribution in [0.25, 0.3) is 0 Å². The van der Waals surface area contributed by atoms with Crippen molar-refractivity contribution in [2.45, 2.75) is 26.2 Å². The molecule has 23 heavy (non-hydrogen) atoms. The maximum Gasteiger partial charge on any atom is 0.126 e. The molecule has 2 rings (SSSR count). The minimum Gasteiger partial charge on any atom is -0.508 e. The first-order valence-corrected chi connectivity index (χ1v) is 8.05. The standard InChI is InChI=1S/C19H25NO3/c1-3-22-17-8-9-18(19(12-17)23-4-2)15(13-20)10-14-6-5-7-16(21)11-14/h5-9,11-12,15,21H,3-4,10,13,20H2,1-2H3. The van der Waals surface area contributed by atoms with E-state index in [1.54, 1.807) is 12.1 Å². The molecule has 0 heterocycles. The molecular weight excluding hydrogens is 290 g/mol. The first kappa shape index (κ1) is 17.2.